The molecule has 2 saturated heterocycles. The summed E-state index contributed by atoms with van der Waals surface area (Å²) in [7, 11) is 0. The SMILES string of the molecule is O=C(O)C1CCSC(C2CCCO2)N1. The molecule has 0 bridgehead atoms. The molecule has 0 amide bonds. The smallest absolute Gasteiger partial charge is 0.320 e. The molecule has 2 fully saturated rings. The van der Waals surface area contributed by atoms with Gasteiger partial charge in [-0.1, -0.05) is 0 Å². The molecule has 80 valence electrons. The summed E-state index contributed by atoms with van der Waals surface area (Å²) >= 11 is 1.78. The zero-order valence-corrected chi connectivity index (χ0v) is 8.76. The zero-order valence-electron chi connectivity index (χ0n) is 7.94. The van der Waals surface area contributed by atoms with Crippen molar-refractivity contribution in [3.05, 3.63) is 0 Å². The van der Waals surface area contributed by atoms with Crippen molar-refractivity contribution < 1.29 is 14.6 Å². The van der Waals surface area contributed by atoms with Crippen molar-refractivity contribution in [2.75, 3.05) is 12.4 Å². The molecule has 0 aliphatic carbocycles. The molecule has 2 N–H and O–H groups in total. The van der Waals surface area contributed by atoms with Crippen LogP contribution in [-0.4, -0.2) is 41.0 Å². The molecule has 0 aromatic heterocycles. The van der Waals surface area contributed by atoms with E-state index in [0.29, 0.717) is 6.42 Å². The number of thioether (sulfide) groups is 1. The highest BCUT2D eigenvalue weighted by Gasteiger charge is 2.33. The number of rotatable bonds is 2. The third-order valence-corrected chi connectivity index (χ3v) is 3.94. The van der Waals surface area contributed by atoms with Crippen LogP contribution in [-0.2, 0) is 9.53 Å². The van der Waals surface area contributed by atoms with Crippen LogP contribution in [0.25, 0.3) is 0 Å². The minimum absolute atomic E-state index is 0.173. The highest BCUT2D eigenvalue weighted by atomic mass is 32.2. The largest absolute Gasteiger partial charge is 0.480 e. The highest BCUT2D eigenvalue weighted by molar-refractivity contribution is 7.99. The number of hydrogen-bond donors (Lipinski definition) is 2. The fraction of sp³-hybridized carbons (Fsp3) is 0.889. The van der Waals surface area contributed by atoms with Crippen LogP contribution in [0.4, 0.5) is 0 Å². The first-order valence-corrected chi connectivity index (χ1v) is 6.04. The summed E-state index contributed by atoms with van der Waals surface area (Å²) in [6, 6.07) is -0.384. The van der Waals surface area contributed by atoms with Crippen LogP contribution >= 0.6 is 11.8 Å². The Morgan fingerprint density at radius 2 is 2.36 bits per heavy atom. The van der Waals surface area contributed by atoms with E-state index in [9.17, 15) is 4.79 Å². The maximum absolute atomic E-state index is 10.8. The minimum atomic E-state index is -0.742. The van der Waals surface area contributed by atoms with Gasteiger partial charge in [-0.3, -0.25) is 10.1 Å². The fourth-order valence-electron chi connectivity index (χ4n) is 1.89. The van der Waals surface area contributed by atoms with Crippen LogP contribution in [0.15, 0.2) is 0 Å². The molecule has 0 spiro atoms. The molecule has 2 rings (SSSR count). The average molecular weight is 217 g/mol. The molecular weight excluding hydrogens is 202 g/mol. The molecule has 0 radical (unpaired) electrons. The lowest BCUT2D eigenvalue weighted by Crippen LogP contribution is -2.50. The second-order valence-electron chi connectivity index (χ2n) is 3.69. The number of ether oxygens (including phenoxy) is 1. The molecule has 3 unspecified atom stereocenters. The predicted octanol–water partition coefficient (Wildman–Crippen LogP) is 0.671. The van der Waals surface area contributed by atoms with Gasteiger partial charge >= 0.3 is 5.97 Å². The molecule has 2 aliphatic heterocycles. The van der Waals surface area contributed by atoms with Gasteiger partial charge in [0.1, 0.15) is 6.04 Å². The Kier molecular flexibility index (Phi) is 3.30. The Bertz CT molecular complexity index is 218. The predicted molar refractivity (Wildman–Crippen MR) is 54.4 cm³/mol. The zero-order chi connectivity index (χ0) is 9.97. The summed E-state index contributed by atoms with van der Waals surface area (Å²) in [4.78, 5) is 10.8. The van der Waals surface area contributed by atoms with E-state index in [1.54, 1.807) is 11.8 Å². The Hall–Kier alpha value is -0.260. The monoisotopic (exact) mass is 217 g/mol. The average Bonchev–Trinajstić information content (AvgIpc) is 2.71. The third-order valence-electron chi connectivity index (χ3n) is 2.67. The Morgan fingerprint density at radius 1 is 1.50 bits per heavy atom. The molecule has 0 aromatic carbocycles. The quantitative estimate of drug-likeness (QED) is 0.712. The molecule has 2 aliphatic rings. The number of carbonyl (C=O) groups is 1. The summed E-state index contributed by atoms with van der Waals surface area (Å²) in [6.45, 7) is 0.821. The van der Waals surface area contributed by atoms with Crippen molar-refractivity contribution in [3.63, 3.8) is 0 Å². The summed E-state index contributed by atoms with van der Waals surface area (Å²) in [5.41, 5.74) is 0. The maximum atomic E-state index is 10.8. The Labute approximate surface area is 87.4 Å². The number of carboxylic acid groups (broad SMARTS) is 1. The number of nitrogens with one attached hydrogen (secondary N) is 1. The topological polar surface area (TPSA) is 58.6 Å². The van der Waals surface area contributed by atoms with Gasteiger partial charge in [-0.2, -0.15) is 0 Å². The summed E-state index contributed by atoms with van der Waals surface area (Å²) in [5, 5.41) is 12.2. The van der Waals surface area contributed by atoms with Crippen molar-refractivity contribution in [2.45, 2.75) is 36.8 Å². The fourth-order valence-corrected chi connectivity index (χ4v) is 3.21. The molecule has 5 heteroatoms. The lowest BCUT2D eigenvalue weighted by Gasteiger charge is -2.31. The van der Waals surface area contributed by atoms with E-state index < -0.39 is 5.97 Å². The molecule has 2 heterocycles. The van der Waals surface area contributed by atoms with Gasteiger partial charge in [0.05, 0.1) is 11.5 Å². The highest BCUT2D eigenvalue weighted by Crippen LogP contribution is 2.27. The van der Waals surface area contributed by atoms with Crippen molar-refractivity contribution in [1.29, 1.82) is 0 Å². The van der Waals surface area contributed by atoms with Crippen LogP contribution in [0.3, 0.4) is 0 Å². The first-order valence-electron chi connectivity index (χ1n) is 4.99. The van der Waals surface area contributed by atoms with Gasteiger partial charge in [0.25, 0.3) is 0 Å². The molecule has 3 atom stereocenters. The minimum Gasteiger partial charge on any atom is -0.480 e. The first kappa shape index (κ1) is 10.3. The molecular formula is C9H15NO3S. The van der Waals surface area contributed by atoms with E-state index in [4.69, 9.17) is 9.84 Å². The molecule has 0 aromatic rings. The van der Waals surface area contributed by atoms with Crippen LogP contribution in [0.1, 0.15) is 19.3 Å². The van der Waals surface area contributed by atoms with E-state index in [1.165, 1.54) is 0 Å². The van der Waals surface area contributed by atoms with Crippen molar-refractivity contribution in [1.82, 2.24) is 5.32 Å². The Balaban J connectivity index is 1.89. The van der Waals surface area contributed by atoms with Crippen molar-refractivity contribution in [2.24, 2.45) is 0 Å². The van der Waals surface area contributed by atoms with Gasteiger partial charge < -0.3 is 9.84 Å². The van der Waals surface area contributed by atoms with Gasteiger partial charge in [0.2, 0.25) is 0 Å². The van der Waals surface area contributed by atoms with E-state index in [1.807, 2.05) is 0 Å². The number of aliphatic carboxylic acids is 1. The first-order chi connectivity index (χ1) is 6.77. The number of carboxylic acids is 1. The Morgan fingerprint density at radius 3 is 3.00 bits per heavy atom. The van der Waals surface area contributed by atoms with Crippen LogP contribution in [0, 0.1) is 0 Å². The standard InChI is InChI=1S/C9H15NO3S/c11-9(12)6-3-5-14-8(10-6)7-2-1-4-13-7/h6-8,10H,1-5H2,(H,11,12). The van der Waals surface area contributed by atoms with Crippen LogP contribution in [0.5, 0.6) is 0 Å². The summed E-state index contributed by atoms with van der Waals surface area (Å²) in [5.74, 6) is 0.169. The van der Waals surface area contributed by atoms with Crippen molar-refractivity contribution >= 4 is 17.7 Å². The summed E-state index contributed by atoms with van der Waals surface area (Å²) < 4.78 is 5.54. The van der Waals surface area contributed by atoms with Crippen molar-refractivity contribution in [3.8, 4) is 0 Å². The lowest BCUT2D eigenvalue weighted by molar-refractivity contribution is -0.139. The summed E-state index contributed by atoms with van der Waals surface area (Å²) in [6.07, 6.45) is 3.07. The number of hydrogen-bond acceptors (Lipinski definition) is 4. The maximum Gasteiger partial charge on any atom is 0.320 e. The van der Waals surface area contributed by atoms with Gasteiger partial charge in [-0.05, 0) is 25.0 Å². The van der Waals surface area contributed by atoms with Crippen LogP contribution in [0.2, 0.25) is 0 Å². The van der Waals surface area contributed by atoms with Crippen LogP contribution < -0.4 is 5.32 Å². The normalized spacial score (nSPS) is 38.4. The molecule has 0 saturated carbocycles. The van der Waals surface area contributed by atoms with E-state index in [0.717, 1.165) is 25.2 Å². The lowest BCUT2D eigenvalue weighted by atomic mass is 10.2. The van der Waals surface area contributed by atoms with Gasteiger partial charge in [-0.15, -0.1) is 11.8 Å². The molecule has 4 nitrogen and oxygen atoms in total. The van der Waals surface area contributed by atoms with E-state index in [-0.39, 0.29) is 17.5 Å². The van der Waals surface area contributed by atoms with E-state index >= 15 is 0 Å². The third kappa shape index (κ3) is 2.21. The van der Waals surface area contributed by atoms with E-state index in [2.05, 4.69) is 5.32 Å². The molecule has 14 heavy (non-hydrogen) atoms. The van der Waals surface area contributed by atoms with Gasteiger partial charge in [0, 0.05) is 6.61 Å². The second kappa shape index (κ2) is 4.51. The second-order valence-corrected chi connectivity index (χ2v) is 4.94. The van der Waals surface area contributed by atoms with Gasteiger partial charge in [-0.25, -0.2) is 0 Å². The van der Waals surface area contributed by atoms with Gasteiger partial charge in [0.15, 0.2) is 0 Å².